The minimum atomic E-state index is -0.112. The molecule has 194 valence electrons. The number of carbonyl (C=O) groups is 1. The van der Waals surface area contributed by atoms with E-state index >= 15 is 0 Å². The monoisotopic (exact) mass is 564 g/mol. The zero-order valence-electron chi connectivity index (χ0n) is 20.6. The molecule has 10 heteroatoms. The van der Waals surface area contributed by atoms with Gasteiger partial charge in [0, 0.05) is 73.2 Å². The number of nitrogens with one attached hydrogen (secondary N) is 1. The van der Waals surface area contributed by atoms with Crippen LogP contribution in [-0.4, -0.2) is 47.0 Å². The lowest BCUT2D eigenvalue weighted by molar-refractivity contribution is 0.0951. The van der Waals surface area contributed by atoms with Crippen LogP contribution in [0.2, 0.25) is 10.2 Å². The van der Waals surface area contributed by atoms with Crippen molar-refractivity contribution in [1.29, 1.82) is 0 Å². The van der Waals surface area contributed by atoms with Gasteiger partial charge < -0.3 is 15.1 Å². The summed E-state index contributed by atoms with van der Waals surface area (Å²) in [7, 11) is 0. The molecule has 5 rings (SSSR count). The summed E-state index contributed by atoms with van der Waals surface area (Å²) in [5, 5.41) is 4.73. The first-order chi connectivity index (χ1) is 18.5. The van der Waals surface area contributed by atoms with Gasteiger partial charge in [-0.2, -0.15) is 0 Å². The Morgan fingerprint density at radius 3 is 2.34 bits per heavy atom. The minimum Gasteiger partial charge on any atom is -0.368 e. The molecule has 0 atom stereocenters. The van der Waals surface area contributed by atoms with Crippen LogP contribution in [0.5, 0.6) is 0 Å². The number of anilines is 2. The summed E-state index contributed by atoms with van der Waals surface area (Å²) in [6.07, 6.45) is 3.42. The third-order valence-electron chi connectivity index (χ3n) is 6.22. The number of hydrogen-bond donors (Lipinski definition) is 1. The Kier molecular flexibility index (Phi) is 8.63. The van der Waals surface area contributed by atoms with Gasteiger partial charge in [0.15, 0.2) is 5.16 Å². The van der Waals surface area contributed by atoms with Gasteiger partial charge in [0.05, 0.1) is 0 Å². The second-order valence-electron chi connectivity index (χ2n) is 8.81. The second-order valence-corrected chi connectivity index (χ2v) is 10.6. The Labute approximate surface area is 236 Å². The molecule has 2 aromatic heterocycles. The maximum Gasteiger partial charge on any atom is 0.251 e. The van der Waals surface area contributed by atoms with Crippen molar-refractivity contribution in [3.8, 4) is 0 Å². The summed E-state index contributed by atoms with van der Waals surface area (Å²) in [5.74, 6) is 1.39. The van der Waals surface area contributed by atoms with Crippen LogP contribution in [0.25, 0.3) is 0 Å². The Bertz CT molecular complexity index is 1380. The average Bonchev–Trinajstić information content (AvgIpc) is 2.95. The zero-order chi connectivity index (χ0) is 26.3. The van der Waals surface area contributed by atoms with E-state index in [1.165, 1.54) is 11.8 Å². The van der Waals surface area contributed by atoms with E-state index < -0.39 is 0 Å². The summed E-state index contributed by atoms with van der Waals surface area (Å²) >= 11 is 14.0. The molecule has 3 heterocycles. The van der Waals surface area contributed by atoms with Crippen LogP contribution in [0.3, 0.4) is 0 Å². The molecule has 0 aliphatic carbocycles. The van der Waals surface area contributed by atoms with Crippen molar-refractivity contribution in [2.24, 2.45) is 0 Å². The van der Waals surface area contributed by atoms with Crippen LogP contribution in [0.4, 0.5) is 11.5 Å². The number of rotatable bonds is 8. The third-order valence-corrected chi connectivity index (χ3v) is 7.57. The first-order valence-corrected chi connectivity index (χ1v) is 14.0. The number of amides is 1. The van der Waals surface area contributed by atoms with Crippen molar-refractivity contribution in [3.05, 3.63) is 106 Å². The normalized spacial score (nSPS) is 13.4. The van der Waals surface area contributed by atoms with E-state index in [-0.39, 0.29) is 5.91 Å². The molecule has 1 N–H and O–H groups in total. The Morgan fingerprint density at radius 1 is 0.868 bits per heavy atom. The lowest BCUT2D eigenvalue weighted by atomic mass is 10.1. The fourth-order valence-electron chi connectivity index (χ4n) is 4.16. The Hall–Kier alpha value is -3.33. The molecule has 0 saturated carbocycles. The molecule has 38 heavy (non-hydrogen) atoms. The van der Waals surface area contributed by atoms with Gasteiger partial charge in [-0.25, -0.2) is 9.97 Å². The Morgan fingerprint density at radius 2 is 1.61 bits per heavy atom. The number of piperazine rings is 1. The van der Waals surface area contributed by atoms with Crippen LogP contribution in [0.15, 0.2) is 84.3 Å². The molecule has 1 amide bonds. The van der Waals surface area contributed by atoms with Gasteiger partial charge in [-0.15, -0.1) is 0 Å². The van der Waals surface area contributed by atoms with Crippen molar-refractivity contribution in [2.45, 2.75) is 17.5 Å². The molecule has 0 bridgehead atoms. The highest BCUT2D eigenvalue weighted by Crippen LogP contribution is 2.27. The summed E-state index contributed by atoms with van der Waals surface area (Å²) < 4.78 is 0. The predicted octanol–water partition coefficient (Wildman–Crippen LogP) is 5.73. The lowest BCUT2D eigenvalue weighted by Gasteiger charge is -2.36. The second kappa shape index (κ2) is 12.5. The maximum absolute atomic E-state index is 12.5. The van der Waals surface area contributed by atoms with Crippen molar-refractivity contribution < 1.29 is 4.79 Å². The molecule has 7 nitrogen and oxygen atoms in total. The van der Waals surface area contributed by atoms with E-state index in [4.69, 9.17) is 28.2 Å². The zero-order valence-corrected chi connectivity index (χ0v) is 22.9. The number of thioether (sulfide) groups is 1. The summed E-state index contributed by atoms with van der Waals surface area (Å²) in [6, 6.07) is 21.1. The van der Waals surface area contributed by atoms with E-state index in [0.717, 1.165) is 53.8 Å². The molecule has 1 aliphatic heterocycles. The summed E-state index contributed by atoms with van der Waals surface area (Å²) in [6.45, 7) is 3.85. The highest BCUT2D eigenvalue weighted by molar-refractivity contribution is 7.98. The molecular weight excluding hydrogens is 539 g/mol. The first-order valence-electron chi connectivity index (χ1n) is 12.2. The minimum absolute atomic E-state index is 0.112. The topological polar surface area (TPSA) is 74.2 Å². The first kappa shape index (κ1) is 26.3. The van der Waals surface area contributed by atoms with Crippen molar-refractivity contribution in [1.82, 2.24) is 20.3 Å². The molecule has 1 aliphatic rings. The van der Waals surface area contributed by atoms with E-state index in [9.17, 15) is 4.79 Å². The van der Waals surface area contributed by atoms with Gasteiger partial charge in [0.25, 0.3) is 5.91 Å². The quantitative estimate of drug-likeness (QED) is 0.166. The van der Waals surface area contributed by atoms with Crippen LogP contribution in [-0.2, 0) is 12.3 Å². The van der Waals surface area contributed by atoms with Gasteiger partial charge >= 0.3 is 0 Å². The maximum atomic E-state index is 12.5. The molecule has 4 aromatic rings. The van der Waals surface area contributed by atoms with Gasteiger partial charge in [0.1, 0.15) is 11.0 Å². The largest absolute Gasteiger partial charge is 0.368 e. The molecule has 1 saturated heterocycles. The van der Waals surface area contributed by atoms with Crippen molar-refractivity contribution in [2.75, 3.05) is 36.0 Å². The Balaban J connectivity index is 1.15. The van der Waals surface area contributed by atoms with Crippen LogP contribution in [0, 0.1) is 0 Å². The third kappa shape index (κ3) is 6.95. The molecule has 0 radical (unpaired) electrons. The van der Waals surface area contributed by atoms with E-state index in [2.05, 4.69) is 31.2 Å². The fraction of sp³-hybridized carbons (Fsp3) is 0.214. The molecule has 0 spiro atoms. The standard InChI is InChI=1S/C28H26Cl2N6OS/c29-23-2-1-3-24(16-23)35-12-14-36(15-13-35)26-17-25(30)33-28(34-26)38-19-21-4-6-22(7-5-21)27(37)32-18-20-8-10-31-11-9-20/h1-11,16-17H,12-15,18-19H2,(H,32,37). The van der Waals surface area contributed by atoms with Gasteiger partial charge in [-0.3, -0.25) is 9.78 Å². The molecule has 2 aromatic carbocycles. The van der Waals surface area contributed by atoms with E-state index in [1.54, 1.807) is 12.4 Å². The van der Waals surface area contributed by atoms with Crippen LogP contribution >= 0.6 is 35.0 Å². The average molecular weight is 566 g/mol. The van der Waals surface area contributed by atoms with Crippen LogP contribution in [0.1, 0.15) is 21.5 Å². The number of halogens is 2. The van der Waals surface area contributed by atoms with Crippen LogP contribution < -0.4 is 15.1 Å². The van der Waals surface area contributed by atoms with Crippen molar-refractivity contribution >= 4 is 52.4 Å². The fourth-order valence-corrected chi connectivity index (χ4v) is 5.39. The number of pyridine rings is 1. The van der Waals surface area contributed by atoms with Gasteiger partial charge in [-0.1, -0.05) is 53.2 Å². The molecule has 1 fully saturated rings. The highest BCUT2D eigenvalue weighted by Gasteiger charge is 2.20. The van der Waals surface area contributed by atoms with E-state index in [1.807, 2.05) is 60.7 Å². The van der Waals surface area contributed by atoms with Gasteiger partial charge in [-0.05, 0) is 53.6 Å². The predicted molar refractivity (Wildman–Crippen MR) is 154 cm³/mol. The number of hydrogen-bond acceptors (Lipinski definition) is 7. The smallest absolute Gasteiger partial charge is 0.251 e. The van der Waals surface area contributed by atoms with Gasteiger partial charge in [0.2, 0.25) is 0 Å². The highest BCUT2D eigenvalue weighted by atomic mass is 35.5. The molecular formula is C28H26Cl2N6OS. The lowest BCUT2D eigenvalue weighted by Crippen LogP contribution is -2.46. The SMILES string of the molecule is O=C(NCc1ccncc1)c1ccc(CSc2nc(Cl)cc(N3CCN(c4cccc(Cl)c4)CC3)n2)cc1. The number of benzene rings is 2. The number of nitrogens with zero attached hydrogens (tertiary/aromatic N) is 5. The molecule has 0 unspecified atom stereocenters. The number of aromatic nitrogens is 3. The summed E-state index contributed by atoms with van der Waals surface area (Å²) in [5.41, 5.74) is 3.82. The van der Waals surface area contributed by atoms with Crippen molar-refractivity contribution in [3.63, 3.8) is 0 Å². The van der Waals surface area contributed by atoms with E-state index in [0.29, 0.717) is 28.2 Å². The summed E-state index contributed by atoms with van der Waals surface area (Å²) in [4.78, 5) is 30.2. The number of carbonyl (C=O) groups excluding carboxylic acids is 1.